The van der Waals surface area contributed by atoms with Gasteiger partial charge in [0.1, 0.15) is 0 Å². The molecule has 2 atom stereocenters. The first-order valence-corrected chi connectivity index (χ1v) is 8.81. The van der Waals surface area contributed by atoms with Gasteiger partial charge in [0, 0.05) is 17.8 Å². The SMILES string of the molecule is CN1C(=O)NC(=O)C2C1N=C(SCc1ccc(Cl)cc1)N2CC(N)=O. The number of rotatable bonds is 4. The minimum Gasteiger partial charge on any atom is -0.368 e. The Kier molecular flexibility index (Phi) is 4.87. The first-order valence-electron chi connectivity index (χ1n) is 7.44. The van der Waals surface area contributed by atoms with Gasteiger partial charge < -0.3 is 15.5 Å². The Morgan fingerprint density at radius 2 is 2.04 bits per heavy atom. The molecular weight excluding hydrogens is 366 g/mol. The highest BCUT2D eigenvalue weighted by atomic mass is 35.5. The Labute approximate surface area is 153 Å². The Morgan fingerprint density at radius 3 is 2.68 bits per heavy atom. The Morgan fingerprint density at radius 1 is 1.36 bits per heavy atom. The molecule has 25 heavy (non-hydrogen) atoms. The second-order valence-corrected chi connectivity index (χ2v) is 7.06. The zero-order valence-corrected chi connectivity index (χ0v) is 14.9. The molecular formula is C15H16ClN5O3S. The van der Waals surface area contributed by atoms with Crippen molar-refractivity contribution >= 4 is 46.4 Å². The number of urea groups is 1. The number of carbonyl (C=O) groups excluding carboxylic acids is 3. The average molecular weight is 382 g/mol. The summed E-state index contributed by atoms with van der Waals surface area (Å²) in [7, 11) is 1.55. The standard InChI is InChI=1S/C15H16ClN5O3S/c1-20-12-11(13(23)19-14(20)24)21(6-10(17)22)15(18-12)25-7-8-2-4-9(16)5-3-8/h2-5,11-12H,6-7H2,1H3,(H2,17,22)(H,19,23,24). The average Bonchev–Trinajstić information content (AvgIpc) is 2.91. The van der Waals surface area contributed by atoms with E-state index in [1.165, 1.54) is 16.7 Å². The van der Waals surface area contributed by atoms with Crippen molar-refractivity contribution in [1.82, 2.24) is 15.1 Å². The molecule has 1 saturated heterocycles. The molecule has 10 heteroatoms. The molecule has 0 saturated carbocycles. The Bertz CT molecular complexity index is 754. The van der Waals surface area contributed by atoms with Gasteiger partial charge in [0.15, 0.2) is 17.4 Å². The van der Waals surface area contributed by atoms with Gasteiger partial charge in [-0.3, -0.25) is 14.9 Å². The lowest BCUT2D eigenvalue weighted by Gasteiger charge is -2.35. The summed E-state index contributed by atoms with van der Waals surface area (Å²) in [6.45, 7) is -0.150. The zero-order chi connectivity index (χ0) is 18.1. The van der Waals surface area contributed by atoms with Crippen LogP contribution in [-0.4, -0.2) is 58.6 Å². The van der Waals surface area contributed by atoms with Crippen molar-refractivity contribution in [2.45, 2.75) is 18.0 Å². The van der Waals surface area contributed by atoms with Crippen LogP contribution < -0.4 is 11.1 Å². The Hall–Kier alpha value is -2.26. The van der Waals surface area contributed by atoms with Crippen LogP contribution in [0.15, 0.2) is 29.3 Å². The summed E-state index contributed by atoms with van der Waals surface area (Å²) in [5.41, 5.74) is 6.33. The molecule has 2 heterocycles. The van der Waals surface area contributed by atoms with E-state index >= 15 is 0 Å². The summed E-state index contributed by atoms with van der Waals surface area (Å²) >= 11 is 7.25. The van der Waals surface area contributed by atoms with E-state index in [-0.39, 0.29) is 6.54 Å². The molecule has 0 bridgehead atoms. The number of imide groups is 1. The van der Waals surface area contributed by atoms with E-state index in [4.69, 9.17) is 17.3 Å². The summed E-state index contributed by atoms with van der Waals surface area (Å²) < 4.78 is 0. The van der Waals surface area contributed by atoms with Gasteiger partial charge in [0.25, 0.3) is 5.91 Å². The van der Waals surface area contributed by atoms with Crippen molar-refractivity contribution in [2.75, 3.05) is 13.6 Å². The predicted octanol–water partition coefficient (Wildman–Crippen LogP) is 0.606. The van der Waals surface area contributed by atoms with Gasteiger partial charge in [-0.25, -0.2) is 9.79 Å². The minimum absolute atomic E-state index is 0.150. The predicted molar refractivity (Wildman–Crippen MR) is 95.0 cm³/mol. The van der Waals surface area contributed by atoms with Crippen molar-refractivity contribution in [1.29, 1.82) is 0 Å². The van der Waals surface area contributed by atoms with Crippen LogP contribution in [0.5, 0.6) is 0 Å². The maximum absolute atomic E-state index is 12.2. The molecule has 0 aliphatic carbocycles. The van der Waals surface area contributed by atoms with Crippen LogP contribution in [0.4, 0.5) is 4.79 Å². The van der Waals surface area contributed by atoms with Crippen molar-refractivity contribution in [3.05, 3.63) is 34.9 Å². The number of aliphatic imine (C=N–C) groups is 1. The van der Waals surface area contributed by atoms with Crippen LogP contribution in [0, 0.1) is 0 Å². The van der Waals surface area contributed by atoms with Gasteiger partial charge in [-0.15, -0.1) is 0 Å². The van der Waals surface area contributed by atoms with E-state index in [0.717, 1.165) is 5.56 Å². The number of fused-ring (bicyclic) bond motifs is 1. The van der Waals surface area contributed by atoms with Crippen LogP contribution in [-0.2, 0) is 15.3 Å². The number of thioether (sulfide) groups is 1. The zero-order valence-electron chi connectivity index (χ0n) is 13.3. The lowest BCUT2D eigenvalue weighted by atomic mass is 10.1. The molecule has 8 nitrogen and oxygen atoms in total. The number of carbonyl (C=O) groups is 3. The van der Waals surface area contributed by atoms with Gasteiger partial charge in [0.05, 0.1) is 6.54 Å². The van der Waals surface area contributed by atoms with E-state index < -0.39 is 30.1 Å². The normalized spacial score (nSPS) is 22.6. The second-order valence-electron chi connectivity index (χ2n) is 5.68. The summed E-state index contributed by atoms with van der Waals surface area (Å²) in [6, 6.07) is 6.07. The summed E-state index contributed by atoms with van der Waals surface area (Å²) in [5.74, 6) is -0.489. The van der Waals surface area contributed by atoms with Gasteiger partial charge in [-0.1, -0.05) is 35.5 Å². The number of hydrogen-bond acceptors (Lipinski definition) is 6. The lowest BCUT2D eigenvalue weighted by Crippen LogP contribution is -2.64. The van der Waals surface area contributed by atoms with Gasteiger partial charge in [0.2, 0.25) is 5.91 Å². The number of amides is 4. The van der Waals surface area contributed by atoms with E-state index in [1.807, 2.05) is 12.1 Å². The molecule has 1 fully saturated rings. The molecule has 3 N–H and O–H groups in total. The van der Waals surface area contributed by atoms with Crippen molar-refractivity contribution in [2.24, 2.45) is 10.7 Å². The van der Waals surface area contributed by atoms with E-state index in [1.54, 1.807) is 24.1 Å². The maximum Gasteiger partial charge on any atom is 0.325 e. The number of primary amides is 1. The van der Waals surface area contributed by atoms with Crippen molar-refractivity contribution in [3.8, 4) is 0 Å². The number of nitrogens with one attached hydrogen (secondary N) is 1. The van der Waals surface area contributed by atoms with Crippen LogP contribution in [0.25, 0.3) is 0 Å². The molecule has 0 spiro atoms. The minimum atomic E-state index is -0.761. The quantitative estimate of drug-likeness (QED) is 0.794. The molecule has 2 aliphatic rings. The highest BCUT2D eigenvalue weighted by Gasteiger charge is 2.48. The summed E-state index contributed by atoms with van der Waals surface area (Å²) in [5, 5.41) is 3.41. The molecule has 1 aromatic carbocycles. The number of hydrogen-bond donors (Lipinski definition) is 2. The first kappa shape index (κ1) is 17.6. The highest BCUT2D eigenvalue weighted by Crippen LogP contribution is 2.29. The second kappa shape index (κ2) is 6.93. The Balaban J connectivity index is 1.81. The van der Waals surface area contributed by atoms with E-state index in [2.05, 4.69) is 10.3 Å². The molecule has 2 unspecified atom stereocenters. The van der Waals surface area contributed by atoms with Gasteiger partial charge in [-0.05, 0) is 17.7 Å². The molecule has 2 aliphatic heterocycles. The summed E-state index contributed by atoms with van der Waals surface area (Å²) in [6.07, 6.45) is -0.673. The number of amidine groups is 1. The third-order valence-electron chi connectivity index (χ3n) is 3.93. The largest absolute Gasteiger partial charge is 0.368 e. The molecule has 1 aromatic rings. The molecule has 4 amide bonds. The third kappa shape index (κ3) is 3.57. The van der Waals surface area contributed by atoms with Crippen molar-refractivity contribution < 1.29 is 14.4 Å². The molecule has 132 valence electrons. The lowest BCUT2D eigenvalue weighted by molar-refractivity contribution is -0.128. The molecule has 0 radical (unpaired) electrons. The van der Waals surface area contributed by atoms with Crippen LogP contribution in [0.1, 0.15) is 5.56 Å². The number of halogens is 1. The number of likely N-dealkylation sites (N-methyl/N-ethyl adjacent to an activating group) is 1. The first-order chi connectivity index (χ1) is 11.9. The van der Waals surface area contributed by atoms with Gasteiger partial charge >= 0.3 is 6.03 Å². The summed E-state index contributed by atoms with van der Waals surface area (Å²) in [4.78, 5) is 42.8. The molecule has 0 aromatic heterocycles. The highest BCUT2D eigenvalue weighted by molar-refractivity contribution is 8.13. The van der Waals surface area contributed by atoms with Gasteiger partial charge in [-0.2, -0.15) is 0 Å². The monoisotopic (exact) mass is 381 g/mol. The van der Waals surface area contributed by atoms with Crippen molar-refractivity contribution in [3.63, 3.8) is 0 Å². The van der Waals surface area contributed by atoms with E-state index in [9.17, 15) is 14.4 Å². The maximum atomic E-state index is 12.2. The van der Waals surface area contributed by atoms with Crippen LogP contribution >= 0.6 is 23.4 Å². The fourth-order valence-corrected chi connectivity index (χ4v) is 3.82. The van der Waals surface area contributed by atoms with Crippen LogP contribution in [0.3, 0.4) is 0 Å². The number of nitrogens with zero attached hydrogens (tertiary/aromatic N) is 3. The van der Waals surface area contributed by atoms with Crippen LogP contribution in [0.2, 0.25) is 5.02 Å². The van der Waals surface area contributed by atoms with E-state index in [0.29, 0.717) is 15.9 Å². The smallest absolute Gasteiger partial charge is 0.325 e. The topological polar surface area (TPSA) is 108 Å². The third-order valence-corrected chi connectivity index (χ3v) is 5.26. The fourth-order valence-electron chi connectivity index (χ4n) is 2.68. The molecule has 3 rings (SSSR count). The fraction of sp³-hybridized carbons (Fsp3) is 0.333. The number of nitrogens with two attached hydrogens (primary N) is 1. The number of benzene rings is 1.